The minimum Gasteiger partial charge on any atom is -0.380 e. The lowest BCUT2D eigenvalue weighted by Crippen LogP contribution is -2.48. The van der Waals surface area contributed by atoms with Crippen LogP contribution in [0.3, 0.4) is 0 Å². The van der Waals surface area contributed by atoms with Gasteiger partial charge in [-0.1, -0.05) is 25.1 Å². The summed E-state index contributed by atoms with van der Waals surface area (Å²) in [6.45, 7) is 7.25. The summed E-state index contributed by atoms with van der Waals surface area (Å²) < 4.78 is 33.5. The molecular formula is C29H39F2N3O2. The average Bonchev–Trinajstić information content (AvgIpc) is 3.07. The Morgan fingerprint density at radius 3 is 2.44 bits per heavy atom. The third-order valence-electron chi connectivity index (χ3n) is 7.58. The summed E-state index contributed by atoms with van der Waals surface area (Å²) in [5.41, 5.74) is 2.57. The number of carbonyl (C=O) groups excluding carboxylic acids is 1. The SMILES string of the molecule is CCCOCCN(C)C1CCN(CC(=O)N2CCCC(c3ccc(F)cc3)c3ccc(F)cc32)CC1. The standard InChI is InChI=1S/C29H39F2N3O2/c1-3-18-36-19-17-32(2)25-12-15-33(16-13-25)21-29(35)34-14-4-5-26(22-6-8-23(30)9-7-22)27-11-10-24(31)20-28(27)34/h6-11,20,25-26H,3-5,12-19,21H2,1-2H3. The summed E-state index contributed by atoms with van der Waals surface area (Å²) in [4.78, 5) is 19.9. The first kappa shape index (κ1) is 26.7. The van der Waals surface area contributed by atoms with E-state index >= 15 is 0 Å². The van der Waals surface area contributed by atoms with Gasteiger partial charge in [-0.25, -0.2) is 8.78 Å². The fourth-order valence-corrected chi connectivity index (χ4v) is 5.51. The van der Waals surface area contributed by atoms with Crippen molar-refractivity contribution in [2.75, 3.05) is 57.9 Å². The first-order chi connectivity index (χ1) is 17.5. The molecule has 2 aliphatic heterocycles. The Bertz CT molecular complexity index is 993. The number of amides is 1. The molecule has 1 amide bonds. The van der Waals surface area contributed by atoms with Gasteiger partial charge in [-0.05, 0) is 74.5 Å². The molecule has 2 aromatic carbocycles. The third kappa shape index (κ3) is 6.69. The van der Waals surface area contributed by atoms with Crippen molar-refractivity contribution in [3.05, 3.63) is 65.2 Å². The Kier molecular flexibility index (Phi) is 9.46. The fraction of sp³-hybridized carbons (Fsp3) is 0.552. The number of piperidine rings is 1. The van der Waals surface area contributed by atoms with E-state index in [-0.39, 0.29) is 23.5 Å². The Balaban J connectivity index is 1.39. The predicted molar refractivity (Wildman–Crippen MR) is 139 cm³/mol. The molecule has 0 aromatic heterocycles. The van der Waals surface area contributed by atoms with Crippen molar-refractivity contribution in [2.24, 2.45) is 0 Å². The summed E-state index contributed by atoms with van der Waals surface area (Å²) >= 11 is 0. The zero-order valence-electron chi connectivity index (χ0n) is 21.6. The Morgan fingerprint density at radius 1 is 1.00 bits per heavy atom. The van der Waals surface area contributed by atoms with Crippen molar-refractivity contribution < 1.29 is 18.3 Å². The van der Waals surface area contributed by atoms with E-state index in [2.05, 4.69) is 23.8 Å². The van der Waals surface area contributed by atoms with Crippen LogP contribution in [-0.2, 0) is 9.53 Å². The van der Waals surface area contributed by atoms with Gasteiger partial charge in [-0.15, -0.1) is 0 Å². The Hall–Kier alpha value is -2.35. The first-order valence-corrected chi connectivity index (χ1v) is 13.3. The second-order valence-corrected chi connectivity index (χ2v) is 10.1. The quantitative estimate of drug-likeness (QED) is 0.453. The highest BCUT2D eigenvalue weighted by Crippen LogP contribution is 2.39. The van der Waals surface area contributed by atoms with Crippen LogP contribution in [0.2, 0.25) is 0 Å². The number of nitrogens with zero attached hydrogens (tertiary/aromatic N) is 3. The van der Waals surface area contributed by atoms with E-state index in [4.69, 9.17) is 4.74 Å². The van der Waals surface area contributed by atoms with Crippen LogP contribution in [0.5, 0.6) is 0 Å². The molecule has 0 bridgehead atoms. The van der Waals surface area contributed by atoms with Crippen molar-refractivity contribution in [3.8, 4) is 0 Å². The zero-order chi connectivity index (χ0) is 25.5. The number of benzene rings is 2. The van der Waals surface area contributed by atoms with Gasteiger partial charge in [-0.2, -0.15) is 0 Å². The van der Waals surface area contributed by atoms with E-state index in [1.54, 1.807) is 23.1 Å². The molecule has 1 fully saturated rings. The van der Waals surface area contributed by atoms with Gasteiger partial charge < -0.3 is 14.5 Å². The summed E-state index contributed by atoms with van der Waals surface area (Å²) in [6.07, 6.45) is 4.72. The number of hydrogen-bond acceptors (Lipinski definition) is 4. The van der Waals surface area contributed by atoms with Crippen molar-refractivity contribution >= 4 is 11.6 Å². The van der Waals surface area contributed by atoms with Gasteiger partial charge in [0.2, 0.25) is 5.91 Å². The van der Waals surface area contributed by atoms with Crippen LogP contribution in [0.25, 0.3) is 0 Å². The largest absolute Gasteiger partial charge is 0.380 e. The number of carbonyl (C=O) groups is 1. The molecule has 196 valence electrons. The lowest BCUT2D eigenvalue weighted by atomic mass is 9.87. The molecule has 36 heavy (non-hydrogen) atoms. The summed E-state index contributed by atoms with van der Waals surface area (Å²) in [5.74, 6) is -0.602. The Labute approximate surface area is 214 Å². The van der Waals surface area contributed by atoms with Gasteiger partial charge in [0.05, 0.1) is 18.8 Å². The summed E-state index contributed by atoms with van der Waals surface area (Å²) in [7, 11) is 2.15. The second kappa shape index (κ2) is 12.7. The zero-order valence-corrected chi connectivity index (χ0v) is 21.6. The molecule has 1 unspecified atom stereocenters. The van der Waals surface area contributed by atoms with Gasteiger partial charge >= 0.3 is 0 Å². The highest BCUT2D eigenvalue weighted by atomic mass is 19.1. The van der Waals surface area contributed by atoms with Crippen molar-refractivity contribution in [3.63, 3.8) is 0 Å². The minimum absolute atomic E-state index is 0.00610. The van der Waals surface area contributed by atoms with Crippen LogP contribution >= 0.6 is 0 Å². The topological polar surface area (TPSA) is 36.0 Å². The van der Waals surface area contributed by atoms with Gasteiger partial charge in [0.25, 0.3) is 0 Å². The molecule has 7 heteroatoms. The minimum atomic E-state index is -0.349. The maximum absolute atomic E-state index is 14.3. The van der Waals surface area contributed by atoms with Crippen LogP contribution in [0.15, 0.2) is 42.5 Å². The molecule has 2 aromatic rings. The predicted octanol–water partition coefficient (Wildman–Crippen LogP) is 5.05. The van der Waals surface area contributed by atoms with E-state index in [0.29, 0.717) is 24.8 Å². The lowest BCUT2D eigenvalue weighted by molar-refractivity contribution is -0.120. The highest BCUT2D eigenvalue weighted by Gasteiger charge is 2.30. The number of hydrogen-bond donors (Lipinski definition) is 0. The lowest BCUT2D eigenvalue weighted by Gasteiger charge is -2.37. The average molecular weight is 500 g/mol. The van der Waals surface area contributed by atoms with Crippen LogP contribution in [0, 0.1) is 11.6 Å². The van der Waals surface area contributed by atoms with Gasteiger partial charge in [0, 0.05) is 44.7 Å². The van der Waals surface area contributed by atoms with Gasteiger partial charge in [0.15, 0.2) is 0 Å². The maximum Gasteiger partial charge on any atom is 0.241 e. The molecule has 0 radical (unpaired) electrons. The molecule has 0 saturated carbocycles. The smallest absolute Gasteiger partial charge is 0.241 e. The first-order valence-electron chi connectivity index (χ1n) is 13.3. The molecule has 1 atom stereocenters. The molecule has 0 N–H and O–H groups in total. The van der Waals surface area contributed by atoms with Crippen LogP contribution in [0.4, 0.5) is 14.5 Å². The normalized spacial score (nSPS) is 19.4. The van der Waals surface area contributed by atoms with E-state index in [0.717, 1.165) is 76.1 Å². The fourth-order valence-electron chi connectivity index (χ4n) is 5.51. The van der Waals surface area contributed by atoms with E-state index in [1.165, 1.54) is 24.3 Å². The van der Waals surface area contributed by atoms with E-state index < -0.39 is 0 Å². The number of likely N-dealkylation sites (tertiary alicyclic amines) is 1. The number of likely N-dealkylation sites (N-methyl/N-ethyl adjacent to an activating group) is 1. The van der Waals surface area contributed by atoms with Crippen LogP contribution in [0.1, 0.15) is 56.1 Å². The van der Waals surface area contributed by atoms with Crippen molar-refractivity contribution in [2.45, 2.75) is 51.0 Å². The summed E-state index contributed by atoms with van der Waals surface area (Å²) in [6, 6.07) is 11.7. The molecule has 0 spiro atoms. The maximum atomic E-state index is 14.3. The molecule has 4 rings (SSSR count). The van der Waals surface area contributed by atoms with Crippen molar-refractivity contribution in [1.29, 1.82) is 0 Å². The van der Waals surface area contributed by atoms with E-state index in [9.17, 15) is 13.6 Å². The Morgan fingerprint density at radius 2 is 1.72 bits per heavy atom. The molecule has 2 heterocycles. The number of anilines is 1. The molecule has 0 aliphatic carbocycles. The second-order valence-electron chi connectivity index (χ2n) is 10.1. The van der Waals surface area contributed by atoms with Gasteiger partial charge in [-0.3, -0.25) is 9.69 Å². The number of fused-ring (bicyclic) bond motifs is 1. The molecule has 1 saturated heterocycles. The number of ether oxygens (including phenoxy) is 1. The number of halogens is 2. The van der Waals surface area contributed by atoms with Gasteiger partial charge in [0.1, 0.15) is 11.6 Å². The van der Waals surface area contributed by atoms with Crippen molar-refractivity contribution in [1.82, 2.24) is 9.80 Å². The highest BCUT2D eigenvalue weighted by molar-refractivity contribution is 5.96. The molecule has 2 aliphatic rings. The van der Waals surface area contributed by atoms with Crippen LogP contribution < -0.4 is 4.90 Å². The third-order valence-corrected chi connectivity index (χ3v) is 7.58. The van der Waals surface area contributed by atoms with Crippen LogP contribution in [-0.4, -0.2) is 74.7 Å². The molecular weight excluding hydrogens is 460 g/mol. The summed E-state index contributed by atoms with van der Waals surface area (Å²) in [5, 5.41) is 0. The van der Waals surface area contributed by atoms with E-state index in [1.807, 2.05) is 0 Å². The monoisotopic (exact) mass is 499 g/mol. The number of rotatable bonds is 9. The molecule has 5 nitrogen and oxygen atoms in total.